The van der Waals surface area contributed by atoms with Crippen LogP contribution in [-0.2, 0) is 4.79 Å². The Morgan fingerprint density at radius 3 is 2.52 bits per heavy atom. The summed E-state index contributed by atoms with van der Waals surface area (Å²) in [5, 5.41) is 13.9. The Labute approximate surface area is 125 Å². The van der Waals surface area contributed by atoms with Crippen molar-refractivity contribution >= 4 is 23.2 Å². The lowest BCUT2D eigenvalue weighted by Crippen LogP contribution is -2.34. The lowest BCUT2D eigenvalue weighted by atomic mass is 10.1. The molecule has 110 valence electrons. The first kappa shape index (κ1) is 15.1. The van der Waals surface area contributed by atoms with Crippen molar-refractivity contribution in [3.8, 4) is 0 Å². The van der Waals surface area contributed by atoms with Gasteiger partial charge in [-0.2, -0.15) is 0 Å². The molecule has 4 N–H and O–H groups in total. The van der Waals surface area contributed by atoms with Gasteiger partial charge in [-0.15, -0.1) is 11.3 Å². The minimum Gasteiger partial charge on any atom is -0.479 e. The smallest absolute Gasteiger partial charge is 0.330 e. The van der Waals surface area contributed by atoms with Gasteiger partial charge in [0.2, 0.25) is 0 Å². The molecule has 1 aromatic heterocycles. The van der Waals surface area contributed by atoms with E-state index < -0.39 is 17.9 Å². The van der Waals surface area contributed by atoms with Crippen LogP contribution in [0.3, 0.4) is 0 Å². The summed E-state index contributed by atoms with van der Waals surface area (Å²) in [6, 6.07) is 7.13. The van der Waals surface area contributed by atoms with Gasteiger partial charge >= 0.3 is 5.97 Å². The van der Waals surface area contributed by atoms with Gasteiger partial charge in [-0.1, -0.05) is 30.3 Å². The maximum atomic E-state index is 12.1. The summed E-state index contributed by atoms with van der Waals surface area (Å²) < 4.78 is 0. The number of aliphatic carboxylic acids is 1. The highest BCUT2D eigenvalue weighted by Gasteiger charge is 2.23. The third kappa shape index (κ3) is 3.65. The van der Waals surface area contributed by atoms with Crippen molar-refractivity contribution in [2.24, 2.45) is 5.73 Å². The van der Waals surface area contributed by atoms with Crippen molar-refractivity contribution in [1.29, 1.82) is 0 Å². The summed E-state index contributed by atoms with van der Waals surface area (Å²) in [5.74, 6) is -1.66. The van der Waals surface area contributed by atoms with E-state index in [1.165, 1.54) is 11.3 Å². The number of carboxylic acid groups (broad SMARTS) is 1. The Kier molecular flexibility index (Phi) is 4.66. The molecule has 0 saturated carbocycles. The quantitative estimate of drug-likeness (QED) is 0.780. The van der Waals surface area contributed by atoms with Gasteiger partial charge in [0.05, 0.1) is 6.04 Å². The van der Waals surface area contributed by atoms with Gasteiger partial charge in [0.25, 0.3) is 5.91 Å². The van der Waals surface area contributed by atoms with Crippen LogP contribution < -0.4 is 11.1 Å². The molecule has 0 aliphatic carbocycles. The number of nitrogens with zero attached hydrogens (tertiary/aromatic N) is 1. The van der Waals surface area contributed by atoms with Crippen LogP contribution in [0.5, 0.6) is 0 Å². The Hall–Kier alpha value is -2.25. The van der Waals surface area contributed by atoms with Gasteiger partial charge in [-0.3, -0.25) is 4.79 Å². The predicted molar refractivity (Wildman–Crippen MR) is 79.0 cm³/mol. The van der Waals surface area contributed by atoms with E-state index in [4.69, 9.17) is 5.73 Å². The number of aromatic nitrogens is 1. The van der Waals surface area contributed by atoms with Crippen LogP contribution in [0.1, 0.15) is 40.1 Å². The fourth-order valence-corrected chi connectivity index (χ4v) is 2.50. The van der Waals surface area contributed by atoms with Crippen molar-refractivity contribution in [3.63, 3.8) is 0 Å². The molecule has 7 heteroatoms. The summed E-state index contributed by atoms with van der Waals surface area (Å²) in [5.41, 5.74) is 6.37. The first-order valence-corrected chi connectivity index (χ1v) is 7.16. The number of nitrogens with two attached hydrogens (primary N) is 1. The first-order valence-electron chi connectivity index (χ1n) is 6.28. The number of carbonyl (C=O) groups is 2. The number of benzene rings is 1. The Morgan fingerprint density at radius 1 is 1.33 bits per heavy atom. The molecule has 0 saturated heterocycles. The molecule has 1 unspecified atom stereocenters. The molecule has 0 aliphatic rings. The number of carbonyl (C=O) groups excluding carboxylic acids is 1. The molecule has 2 rings (SSSR count). The Balaban J connectivity index is 2.17. The van der Waals surface area contributed by atoms with Crippen LogP contribution in [0.15, 0.2) is 35.7 Å². The number of amides is 1. The van der Waals surface area contributed by atoms with E-state index in [2.05, 4.69) is 10.3 Å². The number of hydrogen-bond acceptors (Lipinski definition) is 5. The average Bonchev–Trinajstić information content (AvgIpc) is 2.95. The van der Waals surface area contributed by atoms with Crippen molar-refractivity contribution < 1.29 is 14.7 Å². The van der Waals surface area contributed by atoms with E-state index in [0.717, 1.165) is 0 Å². The van der Waals surface area contributed by atoms with Crippen LogP contribution in [-0.4, -0.2) is 22.0 Å². The van der Waals surface area contributed by atoms with Gasteiger partial charge in [-0.05, 0) is 12.5 Å². The molecule has 21 heavy (non-hydrogen) atoms. The Morgan fingerprint density at radius 2 is 2.00 bits per heavy atom. The number of carboxylic acids is 1. The molecule has 2 aromatic rings. The molecule has 0 aliphatic heterocycles. The van der Waals surface area contributed by atoms with Crippen LogP contribution >= 0.6 is 11.3 Å². The fraction of sp³-hybridized carbons (Fsp3) is 0.214. The van der Waals surface area contributed by atoms with Gasteiger partial charge in [0.15, 0.2) is 6.04 Å². The maximum Gasteiger partial charge on any atom is 0.330 e. The predicted octanol–water partition coefficient (Wildman–Crippen LogP) is 1.72. The van der Waals surface area contributed by atoms with E-state index in [-0.39, 0.29) is 11.7 Å². The SMILES string of the molecule is CC(N)c1nc(C(=O)N[C@H](C(=O)O)c2ccccc2)cs1. The average molecular weight is 305 g/mol. The van der Waals surface area contributed by atoms with Crippen LogP contribution in [0.4, 0.5) is 0 Å². The minimum absolute atomic E-state index is 0.175. The molecule has 0 fully saturated rings. The van der Waals surface area contributed by atoms with Crippen LogP contribution in [0.25, 0.3) is 0 Å². The second-order valence-electron chi connectivity index (χ2n) is 4.52. The van der Waals surface area contributed by atoms with E-state index in [1.54, 1.807) is 42.6 Å². The fourth-order valence-electron chi connectivity index (χ4n) is 1.74. The zero-order valence-corrected chi connectivity index (χ0v) is 12.1. The lowest BCUT2D eigenvalue weighted by molar-refractivity contribution is -0.139. The lowest BCUT2D eigenvalue weighted by Gasteiger charge is -2.13. The van der Waals surface area contributed by atoms with Gasteiger partial charge in [-0.25, -0.2) is 9.78 Å². The second kappa shape index (κ2) is 6.47. The topological polar surface area (TPSA) is 105 Å². The summed E-state index contributed by atoms with van der Waals surface area (Å²) >= 11 is 1.27. The first-order chi connectivity index (χ1) is 9.99. The standard InChI is InChI=1S/C14H15N3O3S/c1-8(15)13-16-10(7-21-13)12(18)17-11(14(19)20)9-5-3-2-4-6-9/h2-8,11H,15H2,1H3,(H,17,18)(H,19,20)/t8?,11-/m0/s1. The van der Waals surface area contributed by atoms with E-state index >= 15 is 0 Å². The van der Waals surface area contributed by atoms with E-state index in [0.29, 0.717) is 10.6 Å². The monoisotopic (exact) mass is 305 g/mol. The third-order valence-electron chi connectivity index (χ3n) is 2.80. The maximum absolute atomic E-state index is 12.1. The molecule has 0 radical (unpaired) electrons. The minimum atomic E-state index is -1.13. The summed E-state index contributed by atoms with van der Waals surface area (Å²) in [7, 11) is 0. The highest BCUT2D eigenvalue weighted by Crippen LogP contribution is 2.18. The summed E-state index contributed by atoms with van der Waals surface area (Å²) in [6.07, 6.45) is 0. The molecule has 6 nitrogen and oxygen atoms in total. The number of nitrogens with one attached hydrogen (secondary N) is 1. The number of hydrogen-bond donors (Lipinski definition) is 3. The summed E-state index contributed by atoms with van der Waals surface area (Å²) in [6.45, 7) is 1.77. The third-order valence-corrected chi connectivity index (χ3v) is 3.85. The number of rotatable bonds is 5. The molecule has 0 spiro atoms. The van der Waals surface area contributed by atoms with E-state index in [1.807, 2.05) is 0 Å². The molecular weight excluding hydrogens is 290 g/mol. The van der Waals surface area contributed by atoms with Gasteiger partial charge in [0.1, 0.15) is 10.7 Å². The molecule has 2 atom stereocenters. The molecule has 0 bridgehead atoms. The van der Waals surface area contributed by atoms with Gasteiger partial charge < -0.3 is 16.2 Å². The van der Waals surface area contributed by atoms with Gasteiger partial charge in [0, 0.05) is 5.38 Å². The normalized spacial score (nSPS) is 13.4. The van der Waals surface area contributed by atoms with Crippen molar-refractivity contribution in [2.75, 3.05) is 0 Å². The highest BCUT2D eigenvalue weighted by molar-refractivity contribution is 7.09. The van der Waals surface area contributed by atoms with E-state index in [9.17, 15) is 14.7 Å². The molecule has 1 amide bonds. The second-order valence-corrected chi connectivity index (χ2v) is 5.40. The van der Waals surface area contributed by atoms with Crippen molar-refractivity contribution in [1.82, 2.24) is 10.3 Å². The molecule has 1 heterocycles. The van der Waals surface area contributed by atoms with Crippen LogP contribution in [0.2, 0.25) is 0 Å². The molecule has 1 aromatic carbocycles. The van der Waals surface area contributed by atoms with Crippen LogP contribution in [0, 0.1) is 0 Å². The highest BCUT2D eigenvalue weighted by atomic mass is 32.1. The number of thiazole rings is 1. The summed E-state index contributed by atoms with van der Waals surface area (Å²) in [4.78, 5) is 27.5. The Bertz CT molecular complexity index is 640. The largest absolute Gasteiger partial charge is 0.479 e. The zero-order valence-electron chi connectivity index (χ0n) is 11.3. The zero-order chi connectivity index (χ0) is 15.4. The van der Waals surface area contributed by atoms with Crippen molar-refractivity contribution in [3.05, 3.63) is 52.0 Å². The van der Waals surface area contributed by atoms with Crippen molar-refractivity contribution in [2.45, 2.75) is 19.0 Å². The molecular formula is C14H15N3O3S.